The monoisotopic (exact) mass is 235 g/mol. The predicted molar refractivity (Wildman–Crippen MR) is 63.7 cm³/mol. The van der Waals surface area contributed by atoms with Crippen LogP contribution >= 0.6 is 12.6 Å². The van der Waals surface area contributed by atoms with Gasteiger partial charge in [0.05, 0.1) is 17.7 Å². The van der Waals surface area contributed by atoms with Gasteiger partial charge >= 0.3 is 5.97 Å². The van der Waals surface area contributed by atoms with Crippen molar-refractivity contribution in [2.45, 2.75) is 25.2 Å². The lowest BCUT2D eigenvalue weighted by atomic mass is 10.0. The van der Waals surface area contributed by atoms with Crippen LogP contribution in [-0.4, -0.2) is 12.6 Å². The van der Waals surface area contributed by atoms with E-state index in [0.717, 1.165) is 5.56 Å². The first-order valence-corrected chi connectivity index (χ1v) is 5.52. The molecule has 0 saturated carbocycles. The molecule has 0 amide bonds. The van der Waals surface area contributed by atoms with E-state index >= 15 is 0 Å². The molecule has 16 heavy (non-hydrogen) atoms. The van der Waals surface area contributed by atoms with E-state index in [1.165, 1.54) is 0 Å². The van der Waals surface area contributed by atoms with Crippen LogP contribution in [0, 0.1) is 11.3 Å². The molecule has 0 fully saturated rings. The first-order chi connectivity index (χ1) is 7.65. The molecule has 0 spiro atoms. The van der Waals surface area contributed by atoms with Crippen LogP contribution in [0.5, 0.6) is 0 Å². The van der Waals surface area contributed by atoms with Gasteiger partial charge in [-0.1, -0.05) is 6.92 Å². The first-order valence-electron chi connectivity index (χ1n) is 5.07. The number of nitrogens with zero attached hydrogens (tertiary/aromatic N) is 1. The van der Waals surface area contributed by atoms with Crippen molar-refractivity contribution in [2.24, 2.45) is 0 Å². The molecule has 0 aliphatic carbocycles. The number of carbonyl (C=O) groups is 1. The number of benzene rings is 1. The Morgan fingerprint density at radius 2 is 2.19 bits per heavy atom. The topological polar surface area (TPSA) is 50.1 Å². The van der Waals surface area contributed by atoms with Gasteiger partial charge in [0, 0.05) is 4.90 Å². The second-order valence-corrected chi connectivity index (χ2v) is 3.62. The highest BCUT2D eigenvalue weighted by Crippen LogP contribution is 2.24. The Labute approximate surface area is 100 Å². The summed E-state index contributed by atoms with van der Waals surface area (Å²) >= 11 is 4.27. The summed E-state index contributed by atoms with van der Waals surface area (Å²) in [7, 11) is 0. The van der Waals surface area contributed by atoms with Crippen molar-refractivity contribution in [2.75, 3.05) is 6.61 Å². The molecule has 0 saturated heterocycles. The molecule has 0 heterocycles. The maximum absolute atomic E-state index is 11.6. The summed E-state index contributed by atoms with van der Waals surface area (Å²) in [5, 5.41) is 8.86. The fourth-order valence-electron chi connectivity index (χ4n) is 1.48. The van der Waals surface area contributed by atoms with E-state index in [2.05, 4.69) is 12.6 Å². The standard InChI is InChI=1S/C12H13NO2S/c1-3-9-10(12(14)15-4-2)6-5-8(7-13)11(9)16/h5-6,16H,3-4H2,1-2H3. The number of ether oxygens (including phenoxy) is 1. The number of nitriles is 1. The van der Waals surface area contributed by atoms with Crippen molar-refractivity contribution in [3.05, 3.63) is 28.8 Å². The van der Waals surface area contributed by atoms with E-state index in [0.29, 0.717) is 29.1 Å². The van der Waals surface area contributed by atoms with Gasteiger partial charge in [0.2, 0.25) is 0 Å². The van der Waals surface area contributed by atoms with Gasteiger partial charge in [0.25, 0.3) is 0 Å². The Kier molecular flexibility index (Phi) is 4.39. The highest BCUT2D eigenvalue weighted by Gasteiger charge is 2.15. The number of rotatable bonds is 3. The lowest BCUT2D eigenvalue weighted by Gasteiger charge is -2.10. The third kappa shape index (κ3) is 2.37. The zero-order valence-electron chi connectivity index (χ0n) is 9.28. The summed E-state index contributed by atoms with van der Waals surface area (Å²) in [6.45, 7) is 4.01. The second kappa shape index (κ2) is 5.57. The van der Waals surface area contributed by atoms with E-state index in [1.807, 2.05) is 13.0 Å². The van der Waals surface area contributed by atoms with Crippen LogP contribution in [0.15, 0.2) is 17.0 Å². The molecule has 0 radical (unpaired) electrons. The van der Waals surface area contributed by atoms with Gasteiger partial charge in [0.15, 0.2) is 0 Å². The average molecular weight is 235 g/mol. The predicted octanol–water partition coefficient (Wildman–Crippen LogP) is 2.59. The van der Waals surface area contributed by atoms with Crippen molar-refractivity contribution in [1.82, 2.24) is 0 Å². The molecule has 1 aromatic carbocycles. The number of hydrogen-bond donors (Lipinski definition) is 1. The maximum Gasteiger partial charge on any atom is 0.338 e. The molecule has 0 atom stereocenters. The molecule has 1 rings (SSSR count). The summed E-state index contributed by atoms with van der Waals surface area (Å²) in [6, 6.07) is 5.25. The average Bonchev–Trinajstić information content (AvgIpc) is 2.28. The number of carbonyl (C=O) groups excluding carboxylic acids is 1. The molecule has 0 unspecified atom stereocenters. The van der Waals surface area contributed by atoms with Crippen LogP contribution < -0.4 is 0 Å². The van der Waals surface area contributed by atoms with Gasteiger partial charge in [-0.05, 0) is 31.0 Å². The minimum atomic E-state index is -0.362. The van der Waals surface area contributed by atoms with Gasteiger partial charge in [-0.2, -0.15) is 5.26 Å². The molecule has 0 aliphatic heterocycles. The molecule has 0 aromatic heterocycles. The van der Waals surface area contributed by atoms with E-state index < -0.39 is 0 Å². The Hall–Kier alpha value is -1.47. The van der Waals surface area contributed by atoms with Crippen molar-refractivity contribution < 1.29 is 9.53 Å². The molecular weight excluding hydrogens is 222 g/mol. The zero-order chi connectivity index (χ0) is 12.1. The Morgan fingerprint density at radius 1 is 1.50 bits per heavy atom. The van der Waals surface area contributed by atoms with E-state index in [1.54, 1.807) is 19.1 Å². The zero-order valence-corrected chi connectivity index (χ0v) is 10.2. The van der Waals surface area contributed by atoms with Crippen molar-refractivity contribution in [1.29, 1.82) is 5.26 Å². The largest absolute Gasteiger partial charge is 0.462 e. The van der Waals surface area contributed by atoms with Crippen molar-refractivity contribution >= 4 is 18.6 Å². The third-order valence-corrected chi connectivity index (χ3v) is 2.76. The summed E-state index contributed by atoms with van der Waals surface area (Å²) in [5.41, 5.74) is 1.74. The summed E-state index contributed by atoms with van der Waals surface area (Å²) in [6.07, 6.45) is 0.641. The quantitative estimate of drug-likeness (QED) is 0.647. The minimum Gasteiger partial charge on any atom is -0.462 e. The highest BCUT2D eigenvalue weighted by atomic mass is 32.1. The fraction of sp³-hybridized carbons (Fsp3) is 0.333. The molecular formula is C12H13NO2S. The van der Waals surface area contributed by atoms with Gasteiger partial charge in [-0.3, -0.25) is 0 Å². The van der Waals surface area contributed by atoms with Crippen LogP contribution in [-0.2, 0) is 11.2 Å². The summed E-state index contributed by atoms with van der Waals surface area (Å²) in [4.78, 5) is 12.2. The second-order valence-electron chi connectivity index (χ2n) is 3.17. The molecule has 1 aromatic rings. The van der Waals surface area contributed by atoms with Crippen LogP contribution in [0.25, 0.3) is 0 Å². The van der Waals surface area contributed by atoms with Crippen molar-refractivity contribution in [3.63, 3.8) is 0 Å². The molecule has 0 bridgehead atoms. The highest BCUT2D eigenvalue weighted by molar-refractivity contribution is 7.80. The van der Waals surface area contributed by atoms with Gasteiger partial charge < -0.3 is 4.74 Å². The SMILES string of the molecule is CCOC(=O)c1ccc(C#N)c(S)c1CC. The molecule has 84 valence electrons. The lowest BCUT2D eigenvalue weighted by molar-refractivity contribution is 0.0525. The maximum atomic E-state index is 11.6. The smallest absolute Gasteiger partial charge is 0.338 e. The lowest BCUT2D eigenvalue weighted by Crippen LogP contribution is -2.09. The minimum absolute atomic E-state index is 0.337. The van der Waals surface area contributed by atoms with Crippen molar-refractivity contribution in [3.8, 4) is 6.07 Å². The Morgan fingerprint density at radius 3 is 2.69 bits per heavy atom. The normalized spacial score (nSPS) is 9.62. The molecule has 4 heteroatoms. The summed E-state index contributed by atoms with van der Waals surface area (Å²) < 4.78 is 4.94. The molecule has 0 aliphatic rings. The Balaban J connectivity index is 3.27. The van der Waals surface area contributed by atoms with E-state index in [9.17, 15) is 4.79 Å². The summed E-state index contributed by atoms with van der Waals surface area (Å²) in [5.74, 6) is -0.362. The first kappa shape index (κ1) is 12.6. The van der Waals surface area contributed by atoms with E-state index in [-0.39, 0.29) is 5.97 Å². The van der Waals surface area contributed by atoms with Crippen LogP contribution in [0.4, 0.5) is 0 Å². The third-order valence-electron chi connectivity index (χ3n) is 2.25. The van der Waals surface area contributed by atoms with Gasteiger partial charge in [0.1, 0.15) is 6.07 Å². The molecule has 3 nitrogen and oxygen atoms in total. The van der Waals surface area contributed by atoms with Gasteiger partial charge in [-0.25, -0.2) is 4.79 Å². The van der Waals surface area contributed by atoms with Crippen LogP contribution in [0.3, 0.4) is 0 Å². The van der Waals surface area contributed by atoms with Crippen LogP contribution in [0.1, 0.15) is 35.3 Å². The number of esters is 1. The fourth-order valence-corrected chi connectivity index (χ4v) is 1.89. The van der Waals surface area contributed by atoms with Crippen LogP contribution in [0.2, 0.25) is 0 Å². The molecule has 0 N–H and O–H groups in total. The van der Waals surface area contributed by atoms with Gasteiger partial charge in [-0.15, -0.1) is 12.6 Å². The van der Waals surface area contributed by atoms with E-state index in [4.69, 9.17) is 10.00 Å². The number of hydrogen-bond acceptors (Lipinski definition) is 4. The number of thiol groups is 1. The Bertz CT molecular complexity index is 449.